The molecular weight excluding hydrogens is 563 g/mol. The number of nitrogen functional groups attached to an aromatic ring is 1. The number of halogens is 1. The third kappa shape index (κ3) is 6.12. The second kappa shape index (κ2) is 13.1. The summed E-state index contributed by atoms with van der Waals surface area (Å²) >= 11 is 1.08. The molecule has 5 aromatic rings. The van der Waals surface area contributed by atoms with Crippen molar-refractivity contribution in [2.24, 2.45) is 0 Å². The Morgan fingerprint density at radius 1 is 1.12 bits per heavy atom. The fourth-order valence-corrected chi connectivity index (χ4v) is 5.75. The smallest absolute Gasteiger partial charge is 0.309 e. The summed E-state index contributed by atoms with van der Waals surface area (Å²) in [6.45, 7) is 4.93. The number of rotatable bonds is 9. The Balaban J connectivity index is 0.000000830. The average Bonchev–Trinajstić information content (AvgIpc) is 3.75. The number of carbonyl (C=O) groups is 1. The first kappa shape index (κ1) is 29.2. The first-order valence-corrected chi connectivity index (χ1v) is 14.4. The van der Waals surface area contributed by atoms with Crippen molar-refractivity contribution < 1.29 is 13.6 Å². The minimum atomic E-state index is -0.179. The third-order valence-corrected chi connectivity index (χ3v) is 7.97. The number of nitrogens with two attached hydrogens (primary N) is 1. The van der Waals surface area contributed by atoms with Crippen molar-refractivity contribution in [2.45, 2.75) is 13.0 Å². The lowest BCUT2D eigenvalue weighted by Crippen LogP contribution is -2.47. The van der Waals surface area contributed by atoms with Gasteiger partial charge < -0.3 is 25.7 Å². The Kier molecular flexibility index (Phi) is 9.09. The van der Waals surface area contributed by atoms with Crippen molar-refractivity contribution in [2.75, 3.05) is 64.0 Å². The number of nitrogens with zero attached hydrogens (tertiary/aromatic N) is 7. The summed E-state index contributed by atoms with van der Waals surface area (Å²) in [4.78, 5) is 35.3. The van der Waals surface area contributed by atoms with E-state index in [2.05, 4.69) is 35.5 Å². The second-order valence-electron chi connectivity index (χ2n) is 9.66. The van der Waals surface area contributed by atoms with Gasteiger partial charge in [-0.2, -0.15) is 9.50 Å². The number of benzene rings is 1. The van der Waals surface area contributed by atoms with Crippen LogP contribution >= 0.6 is 11.3 Å². The molecule has 0 bridgehead atoms. The number of fused-ring (bicyclic) bond motifs is 3. The van der Waals surface area contributed by atoms with Gasteiger partial charge in [-0.1, -0.05) is 17.4 Å². The van der Waals surface area contributed by atoms with Crippen molar-refractivity contribution in [3.05, 3.63) is 57.6 Å². The van der Waals surface area contributed by atoms with Crippen molar-refractivity contribution >= 4 is 45.4 Å². The third-order valence-electron chi connectivity index (χ3n) is 7.00. The molecule has 1 saturated heterocycles. The van der Waals surface area contributed by atoms with Gasteiger partial charge in [-0.25, -0.2) is 9.37 Å². The monoisotopic (exact) mass is 596 g/mol. The van der Waals surface area contributed by atoms with Crippen LogP contribution in [-0.4, -0.2) is 88.8 Å². The molecule has 5 heterocycles. The van der Waals surface area contributed by atoms with Gasteiger partial charge in [0.05, 0.1) is 12.0 Å². The van der Waals surface area contributed by atoms with Crippen molar-refractivity contribution in [1.82, 2.24) is 39.7 Å². The molecule has 0 aliphatic carbocycles. The van der Waals surface area contributed by atoms with Crippen LogP contribution in [0, 0.1) is 5.82 Å². The predicted octanol–water partition coefficient (Wildman–Crippen LogP) is 1.43. The topological polar surface area (TPSA) is 152 Å². The fraction of sp³-hybridized carbons (Fsp3) is 0.370. The highest BCUT2D eigenvalue weighted by molar-refractivity contribution is 7.17. The number of thiazole rings is 1. The van der Waals surface area contributed by atoms with Gasteiger partial charge in [0.15, 0.2) is 17.1 Å². The van der Waals surface area contributed by atoms with Crippen molar-refractivity contribution in [1.29, 1.82) is 0 Å². The molecule has 0 unspecified atom stereocenters. The van der Waals surface area contributed by atoms with E-state index >= 15 is 0 Å². The highest BCUT2D eigenvalue weighted by atomic mass is 32.1. The first-order valence-electron chi connectivity index (χ1n) is 13.5. The number of likely N-dealkylation sites (N-methyl/N-ethyl adjacent to an activating group) is 1. The van der Waals surface area contributed by atoms with E-state index in [4.69, 9.17) is 14.9 Å². The summed E-state index contributed by atoms with van der Waals surface area (Å²) in [6.07, 6.45) is 2.97. The van der Waals surface area contributed by atoms with Gasteiger partial charge in [0, 0.05) is 46.3 Å². The molecule has 0 spiro atoms. The highest BCUT2D eigenvalue weighted by Gasteiger charge is 2.22. The largest absolute Gasteiger partial charge is 0.461 e. The number of amides is 1. The molecule has 0 atom stereocenters. The molecule has 4 N–H and O–H groups in total. The quantitative estimate of drug-likeness (QED) is 0.213. The SMILES string of the molecule is CNC=O.CNCCc1ccc(N2CCN(CCn3c(=O)sc4c3nc(N)n3nc(-c5ccco5)nc43)CC2)c(F)c1. The molecule has 1 aliphatic rings. The van der Waals surface area contributed by atoms with Gasteiger partial charge in [0.1, 0.15) is 10.5 Å². The van der Waals surface area contributed by atoms with Crippen LogP contribution in [0.5, 0.6) is 0 Å². The van der Waals surface area contributed by atoms with Gasteiger partial charge in [-0.05, 0) is 49.8 Å². The van der Waals surface area contributed by atoms with Crippen LogP contribution in [0.4, 0.5) is 16.0 Å². The van der Waals surface area contributed by atoms with E-state index in [-0.39, 0.29) is 16.6 Å². The average molecular weight is 597 g/mol. The van der Waals surface area contributed by atoms with Crippen molar-refractivity contribution in [3.63, 3.8) is 0 Å². The van der Waals surface area contributed by atoms with E-state index in [9.17, 15) is 9.18 Å². The normalized spacial score (nSPS) is 13.8. The Hall–Kier alpha value is -4.34. The summed E-state index contributed by atoms with van der Waals surface area (Å²) in [5.41, 5.74) is 8.79. The zero-order valence-electron chi connectivity index (χ0n) is 23.4. The maximum Gasteiger partial charge on any atom is 0.309 e. The number of hydrogen-bond acceptors (Lipinski definition) is 11. The van der Waals surface area contributed by atoms with Crippen LogP contribution in [-0.2, 0) is 17.8 Å². The summed E-state index contributed by atoms with van der Waals surface area (Å²) in [5, 5.41) is 9.74. The Morgan fingerprint density at radius 2 is 1.90 bits per heavy atom. The van der Waals surface area contributed by atoms with Crippen LogP contribution in [0.15, 0.2) is 45.8 Å². The summed E-state index contributed by atoms with van der Waals surface area (Å²) in [7, 11) is 3.45. The molecular formula is C27H33FN10O3S. The molecule has 222 valence electrons. The van der Waals surface area contributed by atoms with Crippen LogP contribution in [0.2, 0.25) is 0 Å². The lowest BCUT2D eigenvalue weighted by atomic mass is 10.1. The van der Waals surface area contributed by atoms with Crippen molar-refractivity contribution in [3.8, 4) is 11.6 Å². The molecule has 0 saturated carbocycles. The van der Waals surface area contributed by atoms with Crippen LogP contribution in [0.1, 0.15) is 5.56 Å². The Labute approximate surface area is 244 Å². The second-order valence-corrected chi connectivity index (χ2v) is 10.6. The van der Waals surface area contributed by atoms with E-state index < -0.39 is 0 Å². The minimum absolute atomic E-state index is 0.124. The van der Waals surface area contributed by atoms with Gasteiger partial charge >= 0.3 is 4.87 Å². The summed E-state index contributed by atoms with van der Waals surface area (Å²) in [6, 6.07) is 9.03. The number of hydrogen-bond donors (Lipinski definition) is 3. The van der Waals surface area contributed by atoms with E-state index in [0.29, 0.717) is 65.9 Å². The Morgan fingerprint density at radius 3 is 2.57 bits per heavy atom. The lowest BCUT2D eigenvalue weighted by molar-refractivity contribution is -0.109. The number of piperazine rings is 1. The molecule has 15 heteroatoms. The van der Waals surface area contributed by atoms with E-state index in [1.165, 1.54) is 4.52 Å². The number of aromatic nitrogens is 5. The molecule has 1 fully saturated rings. The maximum absolute atomic E-state index is 14.8. The van der Waals surface area contributed by atoms with E-state index in [1.54, 1.807) is 36.1 Å². The molecule has 0 radical (unpaired) electrons. The molecule has 1 aromatic carbocycles. The van der Waals surface area contributed by atoms with Crippen LogP contribution < -0.4 is 26.1 Å². The molecule has 1 amide bonds. The van der Waals surface area contributed by atoms with Gasteiger partial charge in [0.25, 0.3) is 0 Å². The van der Waals surface area contributed by atoms with E-state index in [1.807, 2.05) is 19.2 Å². The summed E-state index contributed by atoms with van der Waals surface area (Å²) < 4.78 is 23.9. The lowest BCUT2D eigenvalue weighted by Gasteiger charge is -2.36. The number of nitrogens with one attached hydrogen (secondary N) is 2. The highest BCUT2D eigenvalue weighted by Crippen LogP contribution is 2.26. The number of furan rings is 1. The predicted molar refractivity (Wildman–Crippen MR) is 160 cm³/mol. The zero-order chi connectivity index (χ0) is 29.6. The molecule has 6 rings (SSSR count). The fourth-order valence-electron chi connectivity index (χ4n) is 4.82. The number of anilines is 2. The summed E-state index contributed by atoms with van der Waals surface area (Å²) in [5.74, 6) is 0.862. The number of carbonyl (C=O) groups excluding carboxylic acids is 1. The van der Waals surface area contributed by atoms with Gasteiger partial charge in [-0.15, -0.1) is 5.10 Å². The maximum atomic E-state index is 14.8. The zero-order valence-corrected chi connectivity index (χ0v) is 24.2. The Bertz CT molecular complexity index is 1710. The van der Waals surface area contributed by atoms with Crippen LogP contribution in [0.3, 0.4) is 0 Å². The molecule has 4 aromatic heterocycles. The van der Waals surface area contributed by atoms with Gasteiger partial charge in [0.2, 0.25) is 18.2 Å². The van der Waals surface area contributed by atoms with Gasteiger partial charge in [-0.3, -0.25) is 19.1 Å². The minimum Gasteiger partial charge on any atom is -0.461 e. The van der Waals surface area contributed by atoms with E-state index in [0.717, 1.165) is 43.0 Å². The molecule has 1 aliphatic heterocycles. The molecule has 42 heavy (non-hydrogen) atoms. The first-order chi connectivity index (χ1) is 20.4. The molecule has 13 nitrogen and oxygen atoms in total. The standard InChI is InChI=1S/C25H28FN9O2S.C2H5NO/c1-28-7-6-16-4-5-18(17(26)15-16)33-11-8-32(9-12-33)10-13-34-22-20(38-25(34)36)23-29-21(19-3-2-14-37-19)31-35(23)24(27)30-22;1-3-2-4/h2-5,14-15,28H,6-13H2,1H3,(H2,27,30);2H,1H3,(H,3,4). The van der Waals surface area contributed by atoms with Crippen LogP contribution in [0.25, 0.3) is 27.6 Å².